The first kappa shape index (κ1) is 16.8. The van der Waals surface area contributed by atoms with Crippen molar-refractivity contribution >= 4 is 17.3 Å². The number of halogens is 5. The molecule has 120 valence electrons. The molecule has 22 heavy (non-hydrogen) atoms. The number of nitrogens with zero attached hydrogens (tertiary/aromatic N) is 2. The summed E-state index contributed by atoms with van der Waals surface area (Å²) >= 11 is 5.89. The fourth-order valence-corrected chi connectivity index (χ4v) is 2.87. The number of aliphatic hydroxyl groups excluding tert-OH is 1. The zero-order valence-corrected chi connectivity index (χ0v) is 12.1. The molecule has 3 atom stereocenters. The first-order chi connectivity index (χ1) is 10.3. The number of alkyl halides is 4. The van der Waals surface area contributed by atoms with E-state index in [9.17, 15) is 22.7 Å². The number of nitriles is 1. The fourth-order valence-electron chi connectivity index (χ4n) is 2.66. The molecule has 1 heterocycles. The van der Waals surface area contributed by atoms with E-state index in [1.807, 2.05) is 6.07 Å². The van der Waals surface area contributed by atoms with Crippen LogP contribution in [0.3, 0.4) is 0 Å². The molecule has 0 bridgehead atoms. The standard InChI is InChI=1S/C14H13ClF4N2O/c15-11-4-10(2-1-9(11)6-20)21-7-8(5-16)3-12(21)13(22)14(17,18)19/h1-2,4,8,12-13,22H,3,5,7H2/t8-,12+,13-/m0/s1. The summed E-state index contributed by atoms with van der Waals surface area (Å²) in [5.74, 6) is -0.587. The molecule has 0 spiro atoms. The summed E-state index contributed by atoms with van der Waals surface area (Å²) in [6.07, 6.45) is -7.46. The monoisotopic (exact) mass is 336 g/mol. The normalized spacial score (nSPS) is 23.4. The molecule has 0 aromatic heterocycles. The van der Waals surface area contributed by atoms with Gasteiger partial charge in [-0.3, -0.25) is 4.39 Å². The molecule has 0 unspecified atom stereocenters. The van der Waals surface area contributed by atoms with Gasteiger partial charge in [0, 0.05) is 18.2 Å². The van der Waals surface area contributed by atoms with Gasteiger partial charge in [-0.2, -0.15) is 18.4 Å². The third kappa shape index (κ3) is 3.28. The van der Waals surface area contributed by atoms with Crippen LogP contribution in [0.5, 0.6) is 0 Å². The lowest BCUT2D eigenvalue weighted by Gasteiger charge is -2.31. The topological polar surface area (TPSA) is 47.3 Å². The molecular weight excluding hydrogens is 324 g/mol. The molecule has 0 aliphatic carbocycles. The maximum Gasteiger partial charge on any atom is 0.416 e. The van der Waals surface area contributed by atoms with Gasteiger partial charge in [-0.25, -0.2) is 0 Å². The van der Waals surface area contributed by atoms with Gasteiger partial charge in [0.2, 0.25) is 0 Å². The van der Waals surface area contributed by atoms with Crippen LogP contribution in [0.15, 0.2) is 18.2 Å². The highest BCUT2D eigenvalue weighted by molar-refractivity contribution is 6.32. The fraction of sp³-hybridized carbons (Fsp3) is 0.500. The molecule has 1 saturated heterocycles. The second kappa shape index (κ2) is 6.31. The van der Waals surface area contributed by atoms with E-state index in [-0.39, 0.29) is 23.6 Å². The van der Waals surface area contributed by atoms with E-state index in [1.165, 1.54) is 23.1 Å². The number of anilines is 1. The van der Waals surface area contributed by atoms with Crippen LogP contribution < -0.4 is 4.90 Å². The highest BCUT2D eigenvalue weighted by Gasteiger charge is 2.49. The minimum Gasteiger partial charge on any atom is -0.382 e. The smallest absolute Gasteiger partial charge is 0.382 e. The maximum absolute atomic E-state index is 12.9. The number of rotatable bonds is 3. The molecule has 1 fully saturated rings. The number of aliphatic hydroxyl groups is 1. The molecule has 2 rings (SSSR count). The van der Waals surface area contributed by atoms with Crippen LogP contribution in [0.25, 0.3) is 0 Å². The number of hydrogen-bond donors (Lipinski definition) is 1. The van der Waals surface area contributed by atoms with Crippen LogP contribution in [-0.4, -0.2) is 36.6 Å². The average molecular weight is 337 g/mol. The van der Waals surface area contributed by atoms with Crippen LogP contribution in [0.2, 0.25) is 5.02 Å². The molecule has 8 heteroatoms. The molecule has 1 aromatic carbocycles. The predicted molar refractivity (Wildman–Crippen MR) is 73.4 cm³/mol. The Labute approximate surface area is 129 Å². The average Bonchev–Trinajstić information content (AvgIpc) is 2.89. The Morgan fingerprint density at radius 3 is 2.64 bits per heavy atom. The minimum absolute atomic E-state index is 0.0521. The Balaban J connectivity index is 2.34. The molecule has 0 saturated carbocycles. The lowest BCUT2D eigenvalue weighted by atomic mass is 10.0. The van der Waals surface area contributed by atoms with E-state index < -0.39 is 30.9 Å². The van der Waals surface area contributed by atoms with E-state index in [4.69, 9.17) is 16.9 Å². The summed E-state index contributed by atoms with van der Waals surface area (Å²) < 4.78 is 51.2. The largest absolute Gasteiger partial charge is 0.416 e. The molecule has 1 aromatic rings. The van der Waals surface area contributed by atoms with Gasteiger partial charge in [0.05, 0.1) is 23.3 Å². The zero-order valence-electron chi connectivity index (χ0n) is 11.3. The third-order valence-corrected chi connectivity index (χ3v) is 4.07. The van der Waals surface area contributed by atoms with E-state index in [0.29, 0.717) is 5.69 Å². The molecule has 1 aliphatic heterocycles. The number of benzene rings is 1. The van der Waals surface area contributed by atoms with E-state index in [2.05, 4.69) is 0 Å². The molecule has 1 aliphatic rings. The summed E-state index contributed by atoms with van der Waals surface area (Å²) in [4.78, 5) is 1.30. The van der Waals surface area contributed by atoms with Crippen molar-refractivity contribution in [2.45, 2.75) is 24.7 Å². The first-order valence-electron chi connectivity index (χ1n) is 6.55. The van der Waals surface area contributed by atoms with Crippen LogP contribution in [0.4, 0.5) is 23.2 Å². The Bertz CT molecular complexity index is 587. The van der Waals surface area contributed by atoms with E-state index in [0.717, 1.165) is 0 Å². The SMILES string of the molecule is N#Cc1ccc(N2C[C@H](CF)C[C@@H]2[C@H](O)C(F)(F)F)cc1Cl. The van der Waals surface area contributed by atoms with Crippen molar-refractivity contribution in [3.05, 3.63) is 28.8 Å². The molecule has 1 N–H and O–H groups in total. The van der Waals surface area contributed by atoms with Gasteiger partial charge >= 0.3 is 6.18 Å². The van der Waals surface area contributed by atoms with Gasteiger partial charge in [-0.15, -0.1) is 0 Å². The minimum atomic E-state index is -4.79. The Morgan fingerprint density at radius 2 is 2.14 bits per heavy atom. The highest BCUT2D eigenvalue weighted by atomic mass is 35.5. The van der Waals surface area contributed by atoms with Crippen molar-refractivity contribution in [2.75, 3.05) is 18.1 Å². The van der Waals surface area contributed by atoms with Gasteiger partial charge < -0.3 is 10.0 Å². The van der Waals surface area contributed by atoms with Crippen LogP contribution >= 0.6 is 11.6 Å². The Hall–Kier alpha value is -1.52. The summed E-state index contributed by atoms with van der Waals surface area (Å²) in [5, 5.41) is 18.4. The molecule has 3 nitrogen and oxygen atoms in total. The lowest BCUT2D eigenvalue weighted by Crippen LogP contribution is -2.47. The van der Waals surface area contributed by atoms with Gasteiger partial charge in [-0.05, 0) is 24.6 Å². The van der Waals surface area contributed by atoms with Crippen molar-refractivity contribution in [3.8, 4) is 6.07 Å². The van der Waals surface area contributed by atoms with Crippen molar-refractivity contribution in [1.29, 1.82) is 5.26 Å². The molecular formula is C14H13ClF4N2O. The maximum atomic E-state index is 12.9. The molecule has 0 amide bonds. The summed E-state index contributed by atoms with van der Waals surface area (Å²) in [7, 11) is 0. The summed E-state index contributed by atoms with van der Waals surface area (Å²) in [6, 6.07) is 4.77. The van der Waals surface area contributed by atoms with E-state index >= 15 is 0 Å². The second-order valence-corrected chi connectivity index (χ2v) is 5.65. The highest BCUT2D eigenvalue weighted by Crippen LogP contribution is 2.37. The molecule has 0 radical (unpaired) electrons. The van der Waals surface area contributed by atoms with Crippen molar-refractivity contribution in [3.63, 3.8) is 0 Å². The Kier molecular flexibility index (Phi) is 4.83. The van der Waals surface area contributed by atoms with Crippen molar-refractivity contribution < 1.29 is 22.7 Å². The van der Waals surface area contributed by atoms with Crippen molar-refractivity contribution in [1.82, 2.24) is 0 Å². The zero-order chi connectivity index (χ0) is 16.5. The van der Waals surface area contributed by atoms with Gasteiger partial charge in [0.1, 0.15) is 6.07 Å². The lowest BCUT2D eigenvalue weighted by molar-refractivity contribution is -0.209. The van der Waals surface area contributed by atoms with Crippen LogP contribution in [-0.2, 0) is 0 Å². The van der Waals surface area contributed by atoms with Gasteiger partial charge in [-0.1, -0.05) is 11.6 Å². The predicted octanol–water partition coefficient (Wildman–Crippen LogP) is 3.30. The quantitative estimate of drug-likeness (QED) is 0.862. The third-order valence-electron chi connectivity index (χ3n) is 3.75. The van der Waals surface area contributed by atoms with Crippen LogP contribution in [0.1, 0.15) is 12.0 Å². The summed E-state index contributed by atoms with van der Waals surface area (Å²) in [5.41, 5.74) is 0.521. The Morgan fingerprint density at radius 1 is 1.45 bits per heavy atom. The van der Waals surface area contributed by atoms with Gasteiger partial charge in [0.25, 0.3) is 0 Å². The van der Waals surface area contributed by atoms with Gasteiger partial charge in [0.15, 0.2) is 6.10 Å². The van der Waals surface area contributed by atoms with E-state index in [1.54, 1.807) is 0 Å². The first-order valence-corrected chi connectivity index (χ1v) is 6.92. The summed E-state index contributed by atoms with van der Waals surface area (Å²) in [6.45, 7) is -0.710. The van der Waals surface area contributed by atoms with Crippen LogP contribution in [0, 0.1) is 17.2 Å². The second-order valence-electron chi connectivity index (χ2n) is 5.24. The number of hydrogen-bond acceptors (Lipinski definition) is 3. The van der Waals surface area contributed by atoms with Crippen molar-refractivity contribution in [2.24, 2.45) is 5.92 Å².